The molecule has 0 radical (unpaired) electrons. The van der Waals surface area contributed by atoms with Crippen molar-refractivity contribution in [1.82, 2.24) is 4.90 Å². The molecule has 6 heteroatoms. The predicted octanol–water partition coefficient (Wildman–Crippen LogP) is 3.26. The number of benzene rings is 2. The third-order valence-electron chi connectivity index (χ3n) is 5.38. The lowest BCUT2D eigenvalue weighted by Gasteiger charge is -2.50. The van der Waals surface area contributed by atoms with Gasteiger partial charge in [0.15, 0.2) is 0 Å². The molecule has 0 aliphatic carbocycles. The Hall–Kier alpha value is -2.44. The van der Waals surface area contributed by atoms with Gasteiger partial charge in [0.05, 0.1) is 26.2 Å². The minimum absolute atomic E-state index is 0.146. The van der Waals surface area contributed by atoms with Gasteiger partial charge in [-0.05, 0) is 36.6 Å². The molecular formula is C23H29FN2O3. The van der Waals surface area contributed by atoms with Gasteiger partial charge in [0.1, 0.15) is 17.2 Å². The number of halogens is 1. The number of nitrogens with zero attached hydrogens (tertiary/aromatic N) is 1. The number of methoxy groups -OCH3 is 1. The Kier molecular flexibility index (Phi) is 6.87. The van der Waals surface area contributed by atoms with Crippen molar-refractivity contribution < 1.29 is 18.7 Å². The minimum atomic E-state index is -0.796. The van der Waals surface area contributed by atoms with Crippen LogP contribution in [-0.4, -0.2) is 43.7 Å². The van der Waals surface area contributed by atoms with Crippen LogP contribution in [0.4, 0.5) is 4.39 Å². The Morgan fingerprint density at radius 2 is 1.90 bits per heavy atom. The number of hydrogen-bond acceptors (Lipinski definition) is 4. The van der Waals surface area contributed by atoms with Crippen LogP contribution in [0.5, 0.6) is 5.75 Å². The van der Waals surface area contributed by atoms with E-state index in [9.17, 15) is 9.18 Å². The van der Waals surface area contributed by atoms with Crippen LogP contribution >= 0.6 is 0 Å². The number of carbonyl (C=O) groups excluding carboxylic acids is 1. The number of amides is 1. The maximum atomic E-state index is 14.4. The third kappa shape index (κ3) is 4.77. The van der Waals surface area contributed by atoms with E-state index in [0.29, 0.717) is 31.7 Å². The first kappa shape index (κ1) is 21.3. The molecule has 1 atom stereocenters. The summed E-state index contributed by atoms with van der Waals surface area (Å²) in [6.07, 6.45) is 2.31. The fourth-order valence-corrected chi connectivity index (χ4v) is 3.65. The highest BCUT2D eigenvalue weighted by molar-refractivity contribution is 5.83. The summed E-state index contributed by atoms with van der Waals surface area (Å²) in [6, 6.07) is 13.5. The molecule has 156 valence electrons. The monoisotopic (exact) mass is 400 g/mol. The Morgan fingerprint density at radius 1 is 1.21 bits per heavy atom. The first-order valence-electron chi connectivity index (χ1n) is 10.1. The average Bonchev–Trinajstić information content (AvgIpc) is 2.70. The molecule has 1 saturated heterocycles. The maximum Gasteiger partial charge on any atom is 0.240 e. The molecular weight excluding hydrogens is 371 g/mol. The van der Waals surface area contributed by atoms with E-state index in [0.717, 1.165) is 24.2 Å². The zero-order valence-electron chi connectivity index (χ0n) is 17.1. The molecule has 3 rings (SSSR count). The van der Waals surface area contributed by atoms with Crippen LogP contribution in [0.15, 0.2) is 48.5 Å². The first-order chi connectivity index (χ1) is 14.0. The number of likely N-dealkylation sites (tertiary alicyclic amines) is 1. The molecule has 2 N–H and O–H groups in total. The second-order valence-corrected chi connectivity index (χ2v) is 7.53. The molecule has 5 nitrogen and oxygen atoms in total. The number of carbonyl (C=O) groups is 1. The summed E-state index contributed by atoms with van der Waals surface area (Å²) in [5.41, 5.74) is 6.84. The summed E-state index contributed by atoms with van der Waals surface area (Å²) in [5, 5.41) is 0. The van der Waals surface area contributed by atoms with Crippen LogP contribution in [0.25, 0.3) is 0 Å². The van der Waals surface area contributed by atoms with Crippen molar-refractivity contribution in [3.05, 3.63) is 65.5 Å². The van der Waals surface area contributed by atoms with Gasteiger partial charge in [-0.3, -0.25) is 4.79 Å². The van der Waals surface area contributed by atoms with E-state index in [-0.39, 0.29) is 11.7 Å². The van der Waals surface area contributed by atoms with Gasteiger partial charge in [-0.2, -0.15) is 0 Å². The number of rotatable bonds is 9. The van der Waals surface area contributed by atoms with Gasteiger partial charge in [0.2, 0.25) is 5.91 Å². The molecule has 1 aliphatic rings. The lowest BCUT2D eigenvalue weighted by atomic mass is 9.84. The van der Waals surface area contributed by atoms with Gasteiger partial charge >= 0.3 is 0 Å². The van der Waals surface area contributed by atoms with E-state index in [2.05, 4.69) is 6.92 Å². The topological polar surface area (TPSA) is 64.8 Å². The average molecular weight is 400 g/mol. The zero-order valence-corrected chi connectivity index (χ0v) is 17.1. The van der Waals surface area contributed by atoms with E-state index in [1.165, 1.54) is 6.07 Å². The summed E-state index contributed by atoms with van der Waals surface area (Å²) in [4.78, 5) is 14.5. The lowest BCUT2D eigenvalue weighted by molar-refractivity contribution is -0.175. The smallest absolute Gasteiger partial charge is 0.240 e. The molecule has 1 amide bonds. The SMILES string of the molecule is CCCCOC1(c2ccccc2F)CN(C(=O)[C@H](N)Cc2ccc(OC)cc2)C1. The molecule has 0 aromatic heterocycles. The standard InChI is InChI=1S/C23H29FN2O3/c1-3-4-13-29-23(19-7-5-6-8-20(19)24)15-26(16-23)22(27)21(25)14-17-9-11-18(28-2)12-10-17/h5-12,21H,3-4,13-16,25H2,1-2H3/t21-/m1/s1. The molecule has 1 aliphatic heterocycles. The molecule has 2 aromatic carbocycles. The number of hydrogen-bond donors (Lipinski definition) is 1. The predicted molar refractivity (Wildman–Crippen MR) is 110 cm³/mol. The van der Waals surface area contributed by atoms with Crippen molar-refractivity contribution in [2.24, 2.45) is 5.73 Å². The van der Waals surface area contributed by atoms with Crippen LogP contribution in [0.2, 0.25) is 0 Å². The number of ether oxygens (including phenoxy) is 2. The fraction of sp³-hybridized carbons (Fsp3) is 0.435. The van der Waals surface area contributed by atoms with Gasteiger partial charge in [0, 0.05) is 12.2 Å². The zero-order chi connectivity index (χ0) is 20.9. The van der Waals surface area contributed by atoms with Crippen molar-refractivity contribution in [1.29, 1.82) is 0 Å². The number of nitrogens with two attached hydrogens (primary N) is 1. The summed E-state index contributed by atoms with van der Waals surface area (Å²) < 4.78 is 25.7. The highest BCUT2D eigenvalue weighted by Crippen LogP contribution is 2.38. The second kappa shape index (κ2) is 9.37. The van der Waals surface area contributed by atoms with Gasteiger partial charge in [-0.1, -0.05) is 43.7 Å². The van der Waals surface area contributed by atoms with E-state index in [1.807, 2.05) is 24.3 Å². The largest absolute Gasteiger partial charge is 0.497 e. The Bertz CT molecular complexity index is 819. The Labute approximate surface area is 171 Å². The van der Waals surface area contributed by atoms with Crippen molar-refractivity contribution in [3.63, 3.8) is 0 Å². The van der Waals surface area contributed by atoms with Crippen LogP contribution in [0.3, 0.4) is 0 Å². The molecule has 2 aromatic rings. The van der Waals surface area contributed by atoms with Crippen LogP contribution in [-0.2, 0) is 21.6 Å². The van der Waals surface area contributed by atoms with Crippen molar-refractivity contribution in [2.75, 3.05) is 26.8 Å². The van der Waals surface area contributed by atoms with Crippen molar-refractivity contribution in [2.45, 2.75) is 37.8 Å². The Balaban J connectivity index is 1.65. The first-order valence-corrected chi connectivity index (χ1v) is 10.1. The van der Waals surface area contributed by atoms with E-state index < -0.39 is 11.6 Å². The van der Waals surface area contributed by atoms with E-state index in [4.69, 9.17) is 15.2 Å². The molecule has 0 bridgehead atoms. The summed E-state index contributed by atoms with van der Waals surface area (Å²) in [6.45, 7) is 3.23. The van der Waals surface area contributed by atoms with Crippen LogP contribution < -0.4 is 10.5 Å². The lowest BCUT2D eigenvalue weighted by Crippen LogP contribution is -2.65. The Morgan fingerprint density at radius 3 is 2.52 bits per heavy atom. The molecule has 1 heterocycles. The molecule has 29 heavy (non-hydrogen) atoms. The highest BCUT2D eigenvalue weighted by atomic mass is 19.1. The summed E-state index contributed by atoms with van der Waals surface area (Å²) >= 11 is 0. The van der Waals surface area contributed by atoms with E-state index >= 15 is 0 Å². The second-order valence-electron chi connectivity index (χ2n) is 7.53. The molecule has 0 spiro atoms. The quantitative estimate of drug-likeness (QED) is 0.656. The van der Waals surface area contributed by atoms with Crippen LogP contribution in [0.1, 0.15) is 30.9 Å². The summed E-state index contributed by atoms with van der Waals surface area (Å²) in [7, 11) is 1.61. The van der Waals surface area contributed by atoms with Crippen LogP contribution in [0, 0.1) is 5.82 Å². The van der Waals surface area contributed by atoms with Gasteiger partial charge < -0.3 is 20.1 Å². The van der Waals surface area contributed by atoms with Crippen molar-refractivity contribution >= 4 is 5.91 Å². The maximum absolute atomic E-state index is 14.4. The van der Waals surface area contributed by atoms with E-state index in [1.54, 1.807) is 30.2 Å². The van der Waals surface area contributed by atoms with Crippen molar-refractivity contribution in [3.8, 4) is 5.75 Å². The minimum Gasteiger partial charge on any atom is -0.497 e. The van der Waals surface area contributed by atoms with Gasteiger partial charge in [-0.15, -0.1) is 0 Å². The number of unbranched alkanes of at least 4 members (excludes halogenated alkanes) is 1. The fourth-order valence-electron chi connectivity index (χ4n) is 3.65. The summed E-state index contributed by atoms with van der Waals surface area (Å²) in [5.74, 6) is 0.306. The molecule has 0 saturated carbocycles. The normalized spacial score (nSPS) is 16.2. The molecule has 1 fully saturated rings. The highest BCUT2D eigenvalue weighted by Gasteiger charge is 2.49. The van der Waals surface area contributed by atoms with Gasteiger partial charge in [0.25, 0.3) is 0 Å². The third-order valence-corrected chi connectivity index (χ3v) is 5.38. The van der Waals surface area contributed by atoms with Gasteiger partial charge in [-0.25, -0.2) is 4.39 Å². The molecule has 0 unspecified atom stereocenters.